The summed E-state index contributed by atoms with van der Waals surface area (Å²) in [5.74, 6) is 0. The summed E-state index contributed by atoms with van der Waals surface area (Å²) in [6.45, 7) is 1.81. The molecule has 0 amide bonds. The van der Waals surface area contributed by atoms with Crippen LogP contribution in [0.15, 0.2) is 18.2 Å². The highest BCUT2D eigenvalue weighted by Gasteiger charge is 1.99. The molecule has 84 valence electrons. The largest absolute Gasteiger partial charge is 0.385 e. The highest BCUT2D eigenvalue weighted by atomic mass is 127. The SMILES string of the molecule is COCCCCNc1ccc(Cl)cc1I. The van der Waals surface area contributed by atoms with Crippen molar-refractivity contribution in [1.82, 2.24) is 0 Å². The molecule has 0 aliphatic heterocycles. The second-order valence-electron chi connectivity index (χ2n) is 3.25. The van der Waals surface area contributed by atoms with E-state index in [0.717, 1.165) is 40.3 Å². The summed E-state index contributed by atoms with van der Waals surface area (Å²) in [4.78, 5) is 0. The number of methoxy groups -OCH3 is 1. The first-order valence-corrected chi connectivity index (χ1v) is 6.37. The molecule has 0 fully saturated rings. The monoisotopic (exact) mass is 339 g/mol. The van der Waals surface area contributed by atoms with Crippen LogP contribution in [0.4, 0.5) is 5.69 Å². The van der Waals surface area contributed by atoms with Gasteiger partial charge in [0, 0.05) is 34.5 Å². The lowest BCUT2D eigenvalue weighted by Gasteiger charge is -2.08. The Morgan fingerprint density at radius 2 is 2.20 bits per heavy atom. The number of ether oxygens (including phenoxy) is 1. The molecule has 0 aliphatic rings. The van der Waals surface area contributed by atoms with Crippen LogP contribution in [0.5, 0.6) is 0 Å². The van der Waals surface area contributed by atoms with Gasteiger partial charge in [0.2, 0.25) is 0 Å². The maximum absolute atomic E-state index is 5.87. The first-order chi connectivity index (χ1) is 7.24. The van der Waals surface area contributed by atoms with Gasteiger partial charge in [-0.1, -0.05) is 11.6 Å². The molecule has 0 aromatic heterocycles. The van der Waals surface area contributed by atoms with Crippen molar-refractivity contribution < 1.29 is 4.74 Å². The number of anilines is 1. The van der Waals surface area contributed by atoms with E-state index in [1.807, 2.05) is 18.2 Å². The molecule has 0 unspecified atom stereocenters. The van der Waals surface area contributed by atoms with E-state index in [-0.39, 0.29) is 0 Å². The van der Waals surface area contributed by atoms with Crippen molar-refractivity contribution in [3.05, 3.63) is 26.8 Å². The summed E-state index contributed by atoms with van der Waals surface area (Å²) in [5.41, 5.74) is 1.15. The van der Waals surface area contributed by atoms with Crippen molar-refractivity contribution in [2.75, 3.05) is 25.6 Å². The maximum Gasteiger partial charge on any atom is 0.0476 e. The van der Waals surface area contributed by atoms with Gasteiger partial charge in [-0.15, -0.1) is 0 Å². The average molecular weight is 340 g/mol. The van der Waals surface area contributed by atoms with Gasteiger partial charge in [0.25, 0.3) is 0 Å². The minimum absolute atomic E-state index is 0.782. The van der Waals surface area contributed by atoms with Crippen LogP contribution in [0.1, 0.15) is 12.8 Å². The molecule has 0 heterocycles. The maximum atomic E-state index is 5.87. The number of unbranched alkanes of at least 4 members (excludes halogenated alkanes) is 1. The molecule has 1 aromatic carbocycles. The Morgan fingerprint density at radius 3 is 2.87 bits per heavy atom. The molecule has 1 N–H and O–H groups in total. The van der Waals surface area contributed by atoms with E-state index < -0.39 is 0 Å². The number of halogens is 2. The second-order valence-corrected chi connectivity index (χ2v) is 4.85. The third-order valence-electron chi connectivity index (χ3n) is 2.02. The normalized spacial score (nSPS) is 10.3. The van der Waals surface area contributed by atoms with Gasteiger partial charge >= 0.3 is 0 Å². The van der Waals surface area contributed by atoms with Crippen LogP contribution in [0.25, 0.3) is 0 Å². The molecule has 15 heavy (non-hydrogen) atoms. The van der Waals surface area contributed by atoms with E-state index in [2.05, 4.69) is 27.9 Å². The van der Waals surface area contributed by atoms with Gasteiger partial charge in [0.05, 0.1) is 0 Å². The highest BCUT2D eigenvalue weighted by molar-refractivity contribution is 14.1. The lowest BCUT2D eigenvalue weighted by Crippen LogP contribution is -2.04. The number of hydrogen-bond donors (Lipinski definition) is 1. The molecule has 0 radical (unpaired) electrons. The molecule has 2 nitrogen and oxygen atoms in total. The van der Waals surface area contributed by atoms with E-state index >= 15 is 0 Å². The molecule has 0 saturated heterocycles. The van der Waals surface area contributed by atoms with Crippen LogP contribution < -0.4 is 5.32 Å². The van der Waals surface area contributed by atoms with Gasteiger partial charge in [-0.05, 0) is 53.6 Å². The fourth-order valence-corrected chi connectivity index (χ4v) is 2.29. The number of hydrogen-bond acceptors (Lipinski definition) is 2. The quantitative estimate of drug-likeness (QED) is 0.629. The van der Waals surface area contributed by atoms with E-state index in [0.29, 0.717) is 0 Å². The number of benzene rings is 1. The zero-order valence-corrected chi connectivity index (χ0v) is 11.6. The van der Waals surface area contributed by atoms with Crippen LogP contribution in [0, 0.1) is 3.57 Å². The van der Waals surface area contributed by atoms with Gasteiger partial charge in [0.15, 0.2) is 0 Å². The predicted molar refractivity (Wildman–Crippen MR) is 73.8 cm³/mol. The van der Waals surface area contributed by atoms with Gasteiger partial charge in [0.1, 0.15) is 0 Å². The molecule has 0 spiro atoms. The Labute approximate surface area is 109 Å². The summed E-state index contributed by atoms with van der Waals surface area (Å²) in [5, 5.41) is 4.16. The van der Waals surface area contributed by atoms with Crippen LogP contribution in [0.2, 0.25) is 5.02 Å². The van der Waals surface area contributed by atoms with Gasteiger partial charge < -0.3 is 10.1 Å². The average Bonchev–Trinajstić information content (AvgIpc) is 2.20. The van der Waals surface area contributed by atoms with Crippen molar-refractivity contribution in [1.29, 1.82) is 0 Å². The van der Waals surface area contributed by atoms with Crippen LogP contribution in [-0.2, 0) is 4.74 Å². The lowest BCUT2D eigenvalue weighted by molar-refractivity contribution is 0.194. The Balaban J connectivity index is 2.31. The number of nitrogens with one attached hydrogen (secondary N) is 1. The van der Waals surface area contributed by atoms with Crippen LogP contribution in [-0.4, -0.2) is 20.3 Å². The zero-order chi connectivity index (χ0) is 11.1. The van der Waals surface area contributed by atoms with E-state index in [4.69, 9.17) is 16.3 Å². The third-order valence-corrected chi connectivity index (χ3v) is 3.15. The molecule has 1 rings (SSSR count). The molecule has 0 atom stereocenters. The van der Waals surface area contributed by atoms with Crippen molar-refractivity contribution in [2.24, 2.45) is 0 Å². The van der Waals surface area contributed by atoms with E-state index in [1.54, 1.807) is 7.11 Å². The summed E-state index contributed by atoms with van der Waals surface area (Å²) in [7, 11) is 1.73. The predicted octanol–water partition coefficient (Wildman–Crippen LogP) is 3.78. The van der Waals surface area contributed by atoms with Crippen molar-refractivity contribution in [2.45, 2.75) is 12.8 Å². The van der Waals surface area contributed by atoms with Crippen LogP contribution >= 0.6 is 34.2 Å². The Bertz CT molecular complexity index is 307. The Kier molecular flexibility index (Phi) is 6.36. The van der Waals surface area contributed by atoms with E-state index in [1.165, 1.54) is 0 Å². The fraction of sp³-hybridized carbons (Fsp3) is 0.455. The Hall–Kier alpha value is -0.000000000000000111. The minimum atomic E-state index is 0.782. The van der Waals surface area contributed by atoms with Gasteiger partial charge in [-0.3, -0.25) is 0 Å². The van der Waals surface area contributed by atoms with Gasteiger partial charge in [-0.2, -0.15) is 0 Å². The fourth-order valence-electron chi connectivity index (χ4n) is 1.23. The van der Waals surface area contributed by atoms with Crippen molar-refractivity contribution in [3.8, 4) is 0 Å². The summed E-state index contributed by atoms with van der Waals surface area (Å²) >= 11 is 8.15. The first kappa shape index (κ1) is 13.1. The lowest BCUT2D eigenvalue weighted by atomic mass is 10.3. The Morgan fingerprint density at radius 1 is 1.40 bits per heavy atom. The second kappa shape index (κ2) is 7.30. The van der Waals surface area contributed by atoms with Crippen LogP contribution in [0.3, 0.4) is 0 Å². The molecule has 4 heteroatoms. The van der Waals surface area contributed by atoms with Crippen molar-refractivity contribution >= 4 is 39.9 Å². The molecule has 1 aromatic rings. The molecule has 0 bridgehead atoms. The molecular formula is C11H15ClINO. The zero-order valence-electron chi connectivity index (χ0n) is 8.72. The van der Waals surface area contributed by atoms with Gasteiger partial charge in [-0.25, -0.2) is 0 Å². The highest BCUT2D eigenvalue weighted by Crippen LogP contribution is 2.22. The minimum Gasteiger partial charge on any atom is -0.385 e. The topological polar surface area (TPSA) is 21.3 Å². The molecule has 0 aliphatic carbocycles. The first-order valence-electron chi connectivity index (χ1n) is 4.92. The molecule has 0 saturated carbocycles. The summed E-state index contributed by atoms with van der Waals surface area (Å²) in [6, 6.07) is 5.88. The summed E-state index contributed by atoms with van der Waals surface area (Å²) < 4.78 is 6.15. The smallest absolute Gasteiger partial charge is 0.0476 e. The summed E-state index contributed by atoms with van der Waals surface area (Å²) in [6.07, 6.45) is 2.21. The molecular weight excluding hydrogens is 324 g/mol. The standard InChI is InChI=1S/C11H15ClINO/c1-15-7-3-2-6-14-11-5-4-9(12)8-10(11)13/h4-5,8,14H,2-3,6-7H2,1H3. The van der Waals surface area contributed by atoms with E-state index in [9.17, 15) is 0 Å². The van der Waals surface area contributed by atoms with Crippen molar-refractivity contribution in [3.63, 3.8) is 0 Å². The number of rotatable bonds is 6. The third kappa shape index (κ3) is 5.04.